The van der Waals surface area contributed by atoms with Crippen molar-refractivity contribution in [1.82, 2.24) is 19.2 Å². The zero-order chi connectivity index (χ0) is 30.2. The van der Waals surface area contributed by atoms with Gasteiger partial charge in [-0.25, -0.2) is 18.4 Å². The Balaban J connectivity index is 1.47. The minimum atomic E-state index is -4.11. The maximum atomic E-state index is 13.8. The first kappa shape index (κ1) is 29.3. The molecular formula is C26H24ClN7O6S2. The molecule has 1 fully saturated rings. The Labute approximate surface area is 249 Å². The van der Waals surface area contributed by atoms with Gasteiger partial charge in [0, 0.05) is 65.7 Å². The van der Waals surface area contributed by atoms with E-state index in [0.29, 0.717) is 25.4 Å². The zero-order valence-corrected chi connectivity index (χ0v) is 24.2. The molecule has 5 rings (SSSR count). The van der Waals surface area contributed by atoms with Crippen molar-refractivity contribution in [3.8, 4) is 11.4 Å². The van der Waals surface area contributed by atoms with Gasteiger partial charge in [-0.3, -0.25) is 14.4 Å². The summed E-state index contributed by atoms with van der Waals surface area (Å²) in [4.78, 5) is 47.6. The number of benzene rings is 1. The molecule has 3 amide bonds. The smallest absolute Gasteiger partial charge is 0.257 e. The van der Waals surface area contributed by atoms with Gasteiger partial charge in [0.05, 0.1) is 17.6 Å². The van der Waals surface area contributed by atoms with Gasteiger partial charge in [0.25, 0.3) is 15.9 Å². The van der Waals surface area contributed by atoms with Crippen molar-refractivity contribution < 1.29 is 27.5 Å². The fourth-order valence-corrected chi connectivity index (χ4v) is 8.21. The van der Waals surface area contributed by atoms with Crippen LogP contribution in [0.2, 0.25) is 5.02 Å². The van der Waals surface area contributed by atoms with Crippen LogP contribution in [0, 0.1) is 5.21 Å². The first-order valence-corrected chi connectivity index (χ1v) is 15.2. The van der Waals surface area contributed by atoms with Crippen LogP contribution in [-0.4, -0.2) is 70.5 Å². The zero-order valence-electron chi connectivity index (χ0n) is 21.8. The van der Waals surface area contributed by atoms with E-state index >= 15 is 0 Å². The number of carbonyl (C=O) groups is 3. The molecule has 0 aliphatic carbocycles. The minimum absolute atomic E-state index is 0.0372. The number of piperazine rings is 1. The highest BCUT2D eigenvalue weighted by Crippen LogP contribution is 2.35. The molecule has 2 atom stereocenters. The lowest BCUT2D eigenvalue weighted by Gasteiger charge is -2.45. The maximum Gasteiger partial charge on any atom is 0.257 e. The van der Waals surface area contributed by atoms with E-state index in [9.17, 15) is 28.0 Å². The summed E-state index contributed by atoms with van der Waals surface area (Å²) in [5.41, 5.74) is 11.6. The van der Waals surface area contributed by atoms with E-state index < -0.39 is 39.8 Å². The molecule has 42 heavy (non-hydrogen) atoms. The molecule has 0 spiro atoms. The maximum absolute atomic E-state index is 13.8. The monoisotopic (exact) mass is 629 g/mol. The van der Waals surface area contributed by atoms with Crippen LogP contribution in [0.1, 0.15) is 23.2 Å². The van der Waals surface area contributed by atoms with Crippen LogP contribution < -0.4 is 16.2 Å². The number of hydrogen-bond donors (Lipinski definition) is 2. The second-order valence-corrected chi connectivity index (χ2v) is 13.4. The first-order valence-electron chi connectivity index (χ1n) is 12.5. The summed E-state index contributed by atoms with van der Waals surface area (Å²) >= 11 is 7.10. The van der Waals surface area contributed by atoms with Gasteiger partial charge in [0.15, 0.2) is 18.2 Å². The molecule has 0 bridgehead atoms. The molecule has 4 N–H and O–H groups in total. The number of amides is 3. The highest BCUT2D eigenvalue weighted by Gasteiger charge is 2.43. The largest absolute Gasteiger partial charge is 0.619 e. The van der Waals surface area contributed by atoms with E-state index in [1.807, 2.05) is 0 Å². The number of nitrogens with zero attached hydrogens (tertiary/aromatic N) is 5. The molecule has 13 nitrogen and oxygen atoms in total. The number of thiophene rings is 1. The van der Waals surface area contributed by atoms with E-state index in [1.165, 1.54) is 47.9 Å². The Hall–Kier alpha value is -4.18. The Morgan fingerprint density at radius 2 is 1.60 bits per heavy atom. The predicted molar refractivity (Wildman–Crippen MR) is 153 cm³/mol. The molecule has 1 aliphatic heterocycles. The summed E-state index contributed by atoms with van der Waals surface area (Å²) < 4.78 is 30.0. The van der Waals surface area contributed by atoms with E-state index in [2.05, 4.69) is 9.97 Å². The van der Waals surface area contributed by atoms with Gasteiger partial charge in [0.2, 0.25) is 11.8 Å². The summed E-state index contributed by atoms with van der Waals surface area (Å²) in [7, 11) is -4.11. The van der Waals surface area contributed by atoms with Gasteiger partial charge in [-0.05, 0) is 23.6 Å². The predicted octanol–water partition coefficient (Wildman–Crippen LogP) is 1.28. The lowest BCUT2D eigenvalue weighted by atomic mass is 10.0. The molecule has 1 aromatic carbocycles. The summed E-state index contributed by atoms with van der Waals surface area (Å²) in [6.07, 6.45) is 4.37. The van der Waals surface area contributed by atoms with Gasteiger partial charge < -0.3 is 21.6 Å². The number of nitrogens with two attached hydrogens (primary N) is 2. The summed E-state index contributed by atoms with van der Waals surface area (Å²) in [5.74, 6) is -1.90. The SMILES string of the molecule is NC(=O)CC1CN(S(=O)(=O)c2cc3ccc(Cl)cc3s2)CC(CC(N)=O)N1C(=O)c1cnc(-c2cc[n+]([O-])cc2)nc1. The topological polar surface area (TPSA) is 197 Å². The Kier molecular flexibility index (Phi) is 8.10. The molecule has 0 radical (unpaired) electrons. The molecule has 4 heterocycles. The van der Waals surface area contributed by atoms with Gasteiger partial charge in [-0.15, -0.1) is 11.3 Å². The van der Waals surface area contributed by atoms with Crippen molar-refractivity contribution >= 4 is 60.8 Å². The van der Waals surface area contributed by atoms with E-state index in [0.717, 1.165) is 15.6 Å². The number of sulfonamides is 1. The number of aromatic nitrogens is 3. The number of fused-ring (bicyclic) bond motifs is 1. The molecule has 16 heteroatoms. The normalized spacial score (nSPS) is 17.8. The molecule has 218 valence electrons. The average Bonchev–Trinajstić information content (AvgIpc) is 3.37. The number of rotatable bonds is 8. The van der Waals surface area contributed by atoms with Crippen LogP contribution in [0.5, 0.6) is 0 Å². The van der Waals surface area contributed by atoms with Crippen molar-refractivity contribution in [2.24, 2.45) is 11.5 Å². The molecule has 2 unspecified atom stereocenters. The van der Waals surface area contributed by atoms with Crippen LogP contribution in [-0.2, 0) is 19.6 Å². The van der Waals surface area contributed by atoms with Gasteiger partial charge in [-0.2, -0.15) is 9.04 Å². The molecule has 4 aromatic rings. The van der Waals surface area contributed by atoms with Crippen molar-refractivity contribution in [1.29, 1.82) is 0 Å². The quantitative estimate of drug-likeness (QED) is 0.215. The third-order valence-corrected chi connectivity index (χ3v) is 10.4. The van der Waals surface area contributed by atoms with Crippen LogP contribution in [0.15, 0.2) is 65.4 Å². The first-order chi connectivity index (χ1) is 19.9. The lowest BCUT2D eigenvalue weighted by molar-refractivity contribution is -0.605. The Morgan fingerprint density at radius 3 is 2.17 bits per heavy atom. The second kappa shape index (κ2) is 11.6. The summed E-state index contributed by atoms with van der Waals surface area (Å²) in [6, 6.07) is 7.56. The van der Waals surface area contributed by atoms with Crippen molar-refractivity contribution in [2.45, 2.75) is 29.1 Å². The molecular weight excluding hydrogens is 606 g/mol. The number of primary amides is 2. The van der Waals surface area contributed by atoms with E-state index in [4.69, 9.17) is 23.1 Å². The third kappa shape index (κ3) is 6.04. The van der Waals surface area contributed by atoms with Crippen LogP contribution in [0.3, 0.4) is 0 Å². The van der Waals surface area contributed by atoms with Crippen molar-refractivity contribution in [3.05, 3.63) is 77.0 Å². The second-order valence-electron chi connectivity index (χ2n) is 9.67. The molecule has 0 saturated carbocycles. The van der Waals surface area contributed by atoms with Crippen molar-refractivity contribution in [2.75, 3.05) is 13.1 Å². The Bertz CT molecular complexity index is 1760. The van der Waals surface area contributed by atoms with E-state index in [-0.39, 0.29) is 41.5 Å². The number of hydrogen-bond acceptors (Lipinski definition) is 9. The molecule has 1 saturated heterocycles. The van der Waals surface area contributed by atoms with Gasteiger partial charge >= 0.3 is 0 Å². The van der Waals surface area contributed by atoms with Crippen molar-refractivity contribution in [3.63, 3.8) is 0 Å². The van der Waals surface area contributed by atoms with Crippen LogP contribution in [0.4, 0.5) is 0 Å². The third-order valence-electron chi connectivity index (χ3n) is 6.74. The number of pyridine rings is 1. The minimum Gasteiger partial charge on any atom is -0.619 e. The average molecular weight is 630 g/mol. The standard InChI is InChI=1S/C26H24ClN7O6S2/c27-18-2-1-16-7-24(41-21(16)8-18)42(39,40)33-13-19(9-22(28)35)34(20(14-33)10-23(29)36)26(37)17-11-30-25(31-12-17)15-3-5-32(38)6-4-15/h1-8,11-12,19-20H,9-10,13-14H2,(H2,28,35)(H2,29,36). The highest BCUT2D eigenvalue weighted by atomic mass is 35.5. The Morgan fingerprint density at radius 1 is 1.00 bits per heavy atom. The number of carbonyl (C=O) groups excluding carboxylic acids is 3. The van der Waals surface area contributed by atoms with E-state index in [1.54, 1.807) is 18.2 Å². The fraction of sp³-hybridized carbons (Fsp3) is 0.231. The molecule has 3 aromatic heterocycles. The fourth-order valence-electron chi connectivity index (χ4n) is 4.87. The highest BCUT2D eigenvalue weighted by molar-refractivity contribution is 7.91. The molecule has 1 aliphatic rings. The van der Waals surface area contributed by atoms with Crippen LogP contribution in [0.25, 0.3) is 21.5 Å². The van der Waals surface area contributed by atoms with Gasteiger partial charge in [0.1, 0.15) is 4.21 Å². The summed E-state index contributed by atoms with van der Waals surface area (Å²) in [5, 5.41) is 12.5. The van der Waals surface area contributed by atoms with Crippen LogP contribution >= 0.6 is 22.9 Å². The lowest BCUT2D eigenvalue weighted by Crippen LogP contribution is -2.62. The number of halogens is 1. The summed E-state index contributed by atoms with van der Waals surface area (Å²) in [6.45, 7) is -0.501. The van der Waals surface area contributed by atoms with Gasteiger partial charge in [-0.1, -0.05) is 17.7 Å².